The first kappa shape index (κ1) is 14.6. The van der Waals surface area contributed by atoms with Crippen LogP contribution in [0.15, 0.2) is 60.7 Å². The average Bonchev–Trinajstić information content (AvgIpc) is 2.59. The van der Waals surface area contributed by atoms with Gasteiger partial charge in [-0.15, -0.1) is 0 Å². The highest BCUT2D eigenvalue weighted by atomic mass is 16.4. The summed E-state index contributed by atoms with van der Waals surface area (Å²) in [6.07, 6.45) is 3.92. The molecule has 0 bridgehead atoms. The monoisotopic (exact) mass is 299 g/mol. The summed E-state index contributed by atoms with van der Waals surface area (Å²) in [4.78, 5) is 10.8. The number of rotatable bonds is 3. The van der Waals surface area contributed by atoms with Gasteiger partial charge in [0.15, 0.2) is 0 Å². The second-order valence-electron chi connectivity index (χ2n) is 5.19. The van der Waals surface area contributed by atoms with Gasteiger partial charge in [0.05, 0.1) is 17.2 Å². The third kappa shape index (κ3) is 3.28. The first-order valence-electron chi connectivity index (χ1n) is 7.11. The maximum Gasteiger partial charge on any atom is 0.335 e. The minimum Gasteiger partial charge on any atom is -0.478 e. The van der Waals surface area contributed by atoms with Crippen molar-refractivity contribution in [3.8, 4) is 6.07 Å². The lowest BCUT2D eigenvalue weighted by Crippen LogP contribution is -1.94. The fraction of sp³-hybridized carbons (Fsp3) is 0. The van der Waals surface area contributed by atoms with E-state index in [1.54, 1.807) is 30.3 Å². The number of hydrogen-bond donors (Lipinski definition) is 1. The number of aromatic carboxylic acids is 1. The molecule has 0 fully saturated rings. The molecule has 0 aliphatic rings. The number of nitrogens with zero attached hydrogens (tertiary/aromatic N) is 1. The van der Waals surface area contributed by atoms with Crippen molar-refractivity contribution >= 4 is 28.9 Å². The number of carboxylic acid groups (broad SMARTS) is 1. The lowest BCUT2D eigenvalue weighted by atomic mass is 10.0. The lowest BCUT2D eigenvalue weighted by Gasteiger charge is -2.01. The Kier molecular flexibility index (Phi) is 3.90. The first-order chi connectivity index (χ1) is 11.2. The van der Waals surface area contributed by atoms with Crippen molar-refractivity contribution in [1.82, 2.24) is 0 Å². The van der Waals surface area contributed by atoms with Crippen molar-refractivity contribution in [2.45, 2.75) is 0 Å². The summed E-state index contributed by atoms with van der Waals surface area (Å²) in [6, 6.07) is 20.5. The molecule has 0 aliphatic carbocycles. The molecule has 3 aromatic rings. The quantitative estimate of drug-likeness (QED) is 0.720. The zero-order chi connectivity index (χ0) is 16.2. The van der Waals surface area contributed by atoms with Crippen LogP contribution >= 0.6 is 0 Å². The molecule has 0 saturated carbocycles. The van der Waals surface area contributed by atoms with E-state index in [4.69, 9.17) is 10.4 Å². The normalized spacial score (nSPS) is 10.7. The highest BCUT2D eigenvalue weighted by molar-refractivity contribution is 5.89. The molecule has 1 N–H and O–H groups in total. The van der Waals surface area contributed by atoms with Gasteiger partial charge in [-0.1, -0.05) is 42.5 Å². The Bertz CT molecular complexity index is 948. The zero-order valence-electron chi connectivity index (χ0n) is 12.2. The van der Waals surface area contributed by atoms with Gasteiger partial charge < -0.3 is 5.11 Å². The van der Waals surface area contributed by atoms with Gasteiger partial charge in [0.2, 0.25) is 0 Å². The van der Waals surface area contributed by atoms with Crippen molar-refractivity contribution in [2.75, 3.05) is 0 Å². The molecule has 0 aromatic heterocycles. The number of hydrogen-bond acceptors (Lipinski definition) is 2. The second-order valence-corrected chi connectivity index (χ2v) is 5.19. The third-order valence-electron chi connectivity index (χ3n) is 3.62. The van der Waals surface area contributed by atoms with Crippen molar-refractivity contribution in [3.05, 3.63) is 82.9 Å². The fourth-order valence-corrected chi connectivity index (χ4v) is 2.37. The summed E-state index contributed by atoms with van der Waals surface area (Å²) >= 11 is 0. The van der Waals surface area contributed by atoms with Crippen LogP contribution in [-0.4, -0.2) is 11.1 Å². The summed E-state index contributed by atoms with van der Waals surface area (Å²) in [6.45, 7) is 0. The molecular formula is C20H13NO2. The van der Waals surface area contributed by atoms with Crippen molar-refractivity contribution in [2.24, 2.45) is 0 Å². The van der Waals surface area contributed by atoms with Gasteiger partial charge >= 0.3 is 5.97 Å². The van der Waals surface area contributed by atoms with Crippen LogP contribution in [0.3, 0.4) is 0 Å². The Hall–Kier alpha value is -3.38. The number of benzene rings is 3. The van der Waals surface area contributed by atoms with Crippen molar-refractivity contribution in [3.63, 3.8) is 0 Å². The Morgan fingerprint density at radius 3 is 2.17 bits per heavy atom. The van der Waals surface area contributed by atoms with E-state index in [0.717, 1.165) is 21.9 Å². The van der Waals surface area contributed by atoms with Gasteiger partial charge in [0, 0.05) is 0 Å². The molecule has 0 unspecified atom stereocenters. The maximum atomic E-state index is 10.8. The molecule has 0 heterocycles. The Morgan fingerprint density at radius 1 is 0.870 bits per heavy atom. The second kappa shape index (κ2) is 6.17. The van der Waals surface area contributed by atoms with Gasteiger partial charge in [-0.3, -0.25) is 0 Å². The molecule has 3 nitrogen and oxygen atoms in total. The number of carboxylic acids is 1. The maximum absolute atomic E-state index is 10.8. The van der Waals surface area contributed by atoms with E-state index >= 15 is 0 Å². The van der Waals surface area contributed by atoms with Gasteiger partial charge in [0.25, 0.3) is 0 Å². The van der Waals surface area contributed by atoms with Gasteiger partial charge in [-0.25, -0.2) is 4.79 Å². The highest BCUT2D eigenvalue weighted by Crippen LogP contribution is 2.19. The van der Waals surface area contributed by atoms with Crippen LogP contribution in [0.1, 0.15) is 27.0 Å². The predicted molar refractivity (Wildman–Crippen MR) is 91.0 cm³/mol. The molecule has 0 aliphatic heterocycles. The summed E-state index contributed by atoms with van der Waals surface area (Å²) < 4.78 is 0. The van der Waals surface area contributed by atoms with Crippen LogP contribution in [0.25, 0.3) is 22.9 Å². The first-order valence-corrected chi connectivity index (χ1v) is 7.11. The molecule has 0 atom stereocenters. The van der Waals surface area contributed by atoms with E-state index in [-0.39, 0.29) is 5.56 Å². The standard InChI is InChI=1S/C20H13NO2/c21-13-16-6-10-18-11-15(5-9-19(18)12-16)2-1-14-3-7-17(8-4-14)20(22)23/h1-12H,(H,22,23)/b2-1+. The molecule has 0 saturated heterocycles. The van der Waals surface area contributed by atoms with E-state index in [1.165, 1.54) is 0 Å². The topological polar surface area (TPSA) is 61.1 Å². The number of nitriles is 1. The molecule has 3 heteroatoms. The SMILES string of the molecule is N#Cc1ccc2cc(/C=C/c3ccc(C(=O)O)cc3)ccc2c1. The molecule has 110 valence electrons. The van der Waals surface area contributed by atoms with E-state index in [2.05, 4.69) is 12.1 Å². The minimum atomic E-state index is -0.924. The van der Waals surface area contributed by atoms with E-state index < -0.39 is 5.97 Å². The predicted octanol–water partition coefficient (Wildman–Crippen LogP) is 4.58. The van der Waals surface area contributed by atoms with Crippen molar-refractivity contribution in [1.29, 1.82) is 5.26 Å². The van der Waals surface area contributed by atoms with E-state index in [1.807, 2.05) is 36.4 Å². The summed E-state index contributed by atoms with van der Waals surface area (Å²) in [5.41, 5.74) is 2.92. The molecule has 23 heavy (non-hydrogen) atoms. The fourth-order valence-electron chi connectivity index (χ4n) is 2.37. The third-order valence-corrected chi connectivity index (χ3v) is 3.62. The molecule has 3 rings (SSSR count). The Morgan fingerprint density at radius 2 is 1.48 bits per heavy atom. The largest absolute Gasteiger partial charge is 0.478 e. The number of fused-ring (bicyclic) bond motifs is 1. The van der Waals surface area contributed by atoms with Crippen LogP contribution < -0.4 is 0 Å². The van der Waals surface area contributed by atoms with Crippen LogP contribution in [-0.2, 0) is 0 Å². The van der Waals surface area contributed by atoms with Gasteiger partial charge in [-0.05, 0) is 52.2 Å². The smallest absolute Gasteiger partial charge is 0.335 e. The zero-order valence-corrected chi connectivity index (χ0v) is 12.2. The van der Waals surface area contributed by atoms with Crippen molar-refractivity contribution < 1.29 is 9.90 Å². The Balaban J connectivity index is 1.86. The highest BCUT2D eigenvalue weighted by Gasteiger charge is 2.00. The average molecular weight is 299 g/mol. The van der Waals surface area contributed by atoms with Crippen LogP contribution in [0.5, 0.6) is 0 Å². The minimum absolute atomic E-state index is 0.279. The van der Waals surface area contributed by atoms with Gasteiger partial charge in [0.1, 0.15) is 0 Å². The Labute approximate surface area is 133 Å². The summed E-state index contributed by atoms with van der Waals surface area (Å²) in [5.74, 6) is -0.924. The summed E-state index contributed by atoms with van der Waals surface area (Å²) in [7, 11) is 0. The molecule has 0 radical (unpaired) electrons. The molecule has 0 spiro atoms. The molecule has 0 amide bonds. The van der Waals surface area contributed by atoms with Gasteiger partial charge in [-0.2, -0.15) is 5.26 Å². The van der Waals surface area contributed by atoms with E-state index in [9.17, 15) is 4.79 Å². The number of carbonyl (C=O) groups is 1. The van der Waals surface area contributed by atoms with Crippen LogP contribution in [0, 0.1) is 11.3 Å². The lowest BCUT2D eigenvalue weighted by molar-refractivity contribution is 0.0697. The summed E-state index contributed by atoms with van der Waals surface area (Å²) in [5, 5.41) is 19.9. The van der Waals surface area contributed by atoms with Crippen LogP contribution in [0.2, 0.25) is 0 Å². The van der Waals surface area contributed by atoms with Crippen LogP contribution in [0.4, 0.5) is 0 Å². The molecule has 3 aromatic carbocycles. The van der Waals surface area contributed by atoms with E-state index in [0.29, 0.717) is 5.56 Å². The molecular weight excluding hydrogens is 286 g/mol.